The molecule has 4 nitrogen and oxygen atoms in total. The van der Waals surface area contributed by atoms with Crippen LogP contribution in [-0.2, 0) is 9.53 Å². The Balaban J connectivity index is 1.98. The molecule has 0 spiro atoms. The molecule has 1 saturated carbocycles. The Bertz CT molecular complexity index is 359. The quantitative estimate of drug-likeness (QED) is 0.794. The van der Waals surface area contributed by atoms with Crippen LogP contribution in [0.5, 0.6) is 0 Å². The Labute approximate surface area is 91.9 Å². The van der Waals surface area contributed by atoms with Crippen molar-refractivity contribution in [2.75, 3.05) is 7.11 Å². The summed E-state index contributed by atoms with van der Waals surface area (Å²) in [4.78, 5) is 15.3. The largest absolute Gasteiger partial charge is 0.469 e. The molecule has 1 aliphatic rings. The van der Waals surface area contributed by atoms with E-state index in [0.717, 1.165) is 5.01 Å². The van der Waals surface area contributed by atoms with Crippen molar-refractivity contribution in [3.63, 3.8) is 0 Å². The number of nitrogens with zero attached hydrogens (tertiary/aromatic N) is 1. The van der Waals surface area contributed by atoms with Gasteiger partial charge in [-0.25, -0.2) is 4.98 Å². The first-order chi connectivity index (χ1) is 7.20. The number of hydrogen-bond acceptors (Lipinski definition) is 5. The smallest absolute Gasteiger partial charge is 0.308 e. The molecule has 0 unspecified atom stereocenters. The summed E-state index contributed by atoms with van der Waals surface area (Å²) in [5.41, 5.74) is 0.590. The third kappa shape index (κ3) is 2.54. The SMILES string of the molecule is COC(=O)C[C@@H](O)c1csc(C2CC2)n1. The molecule has 0 aromatic carbocycles. The van der Waals surface area contributed by atoms with E-state index < -0.39 is 12.1 Å². The maximum Gasteiger partial charge on any atom is 0.308 e. The summed E-state index contributed by atoms with van der Waals surface area (Å²) in [5, 5.41) is 12.6. The summed E-state index contributed by atoms with van der Waals surface area (Å²) in [6, 6.07) is 0. The minimum Gasteiger partial charge on any atom is -0.469 e. The van der Waals surface area contributed by atoms with Crippen molar-refractivity contribution >= 4 is 17.3 Å². The first kappa shape index (κ1) is 10.6. The number of aromatic nitrogens is 1. The van der Waals surface area contributed by atoms with Crippen molar-refractivity contribution < 1.29 is 14.6 Å². The van der Waals surface area contributed by atoms with Crippen molar-refractivity contribution in [1.82, 2.24) is 4.98 Å². The molecule has 82 valence electrons. The standard InChI is InChI=1S/C10H13NO3S/c1-14-9(13)4-8(12)7-5-15-10(11-7)6-2-3-6/h5-6,8,12H,2-4H2,1H3/t8-/m1/s1. The summed E-state index contributed by atoms with van der Waals surface area (Å²) in [6.07, 6.45) is 1.53. The number of esters is 1. The average molecular weight is 227 g/mol. The molecule has 5 heteroatoms. The van der Waals surface area contributed by atoms with Gasteiger partial charge in [-0.2, -0.15) is 0 Å². The van der Waals surface area contributed by atoms with Crippen molar-refractivity contribution in [3.05, 3.63) is 16.1 Å². The van der Waals surface area contributed by atoms with Gasteiger partial charge in [0.05, 0.1) is 24.2 Å². The number of thiazole rings is 1. The van der Waals surface area contributed by atoms with Crippen LogP contribution in [-0.4, -0.2) is 23.2 Å². The third-order valence-electron chi connectivity index (χ3n) is 2.40. The molecule has 15 heavy (non-hydrogen) atoms. The van der Waals surface area contributed by atoms with Crippen molar-refractivity contribution in [3.8, 4) is 0 Å². The van der Waals surface area contributed by atoms with Crippen LogP contribution in [0.25, 0.3) is 0 Å². The zero-order valence-corrected chi connectivity index (χ0v) is 9.29. The summed E-state index contributed by atoms with van der Waals surface area (Å²) in [7, 11) is 1.31. The number of aliphatic hydroxyl groups excluding tert-OH is 1. The lowest BCUT2D eigenvalue weighted by Crippen LogP contribution is -2.08. The van der Waals surface area contributed by atoms with Gasteiger partial charge in [-0.15, -0.1) is 11.3 Å². The van der Waals surface area contributed by atoms with Crippen LogP contribution in [0.3, 0.4) is 0 Å². The zero-order chi connectivity index (χ0) is 10.8. The normalized spacial score (nSPS) is 17.5. The van der Waals surface area contributed by atoms with E-state index in [4.69, 9.17) is 0 Å². The minimum atomic E-state index is -0.832. The molecule has 0 radical (unpaired) electrons. The fourth-order valence-corrected chi connectivity index (χ4v) is 2.35. The lowest BCUT2D eigenvalue weighted by molar-refractivity contribution is -0.142. The third-order valence-corrected chi connectivity index (χ3v) is 3.42. The minimum absolute atomic E-state index is 0.0235. The second kappa shape index (κ2) is 4.28. The Morgan fingerprint density at radius 1 is 1.80 bits per heavy atom. The summed E-state index contributed by atoms with van der Waals surface area (Å²) in [6.45, 7) is 0. The number of carbonyl (C=O) groups excluding carboxylic acids is 1. The molecule has 1 aromatic heterocycles. The lowest BCUT2D eigenvalue weighted by Gasteiger charge is -2.05. The zero-order valence-electron chi connectivity index (χ0n) is 8.47. The first-order valence-corrected chi connectivity index (χ1v) is 5.79. The van der Waals surface area contributed by atoms with Gasteiger partial charge in [-0.3, -0.25) is 4.79 Å². The van der Waals surface area contributed by atoms with Gasteiger partial charge in [0.15, 0.2) is 0 Å². The fraction of sp³-hybridized carbons (Fsp3) is 0.600. The summed E-state index contributed by atoms with van der Waals surface area (Å²) < 4.78 is 4.49. The highest BCUT2D eigenvalue weighted by Crippen LogP contribution is 2.41. The molecule has 1 heterocycles. The predicted octanol–water partition coefficient (Wildman–Crippen LogP) is 1.62. The number of aliphatic hydroxyl groups is 1. The molecule has 0 aliphatic heterocycles. The summed E-state index contributed by atoms with van der Waals surface area (Å²) in [5.74, 6) is 0.178. The highest BCUT2D eigenvalue weighted by Gasteiger charge is 2.27. The van der Waals surface area contributed by atoms with E-state index in [1.54, 1.807) is 11.3 Å². The van der Waals surface area contributed by atoms with Crippen LogP contribution in [0.2, 0.25) is 0 Å². The van der Waals surface area contributed by atoms with Gasteiger partial charge in [-0.05, 0) is 12.8 Å². The number of methoxy groups -OCH3 is 1. The van der Waals surface area contributed by atoms with Crippen molar-refractivity contribution in [1.29, 1.82) is 0 Å². The number of ether oxygens (including phenoxy) is 1. The molecule has 1 atom stereocenters. The first-order valence-electron chi connectivity index (χ1n) is 4.91. The average Bonchev–Trinajstić information content (AvgIpc) is 2.96. The molecule has 2 rings (SSSR count). The van der Waals surface area contributed by atoms with Crippen LogP contribution in [0, 0.1) is 0 Å². The van der Waals surface area contributed by atoms with Crippen LogP contribution < -0.4 is 0 Å². The molecule has 1 aliphatic carbocycles. The molecule has 1 N–H and O–H groups in total. The van der Waals surface area contributed by atoms with Gasteiger partial charge in [0.2, 0.25) is 0 Å². The lowest BCUT2D eigenvalue weighted by atomic mass is 10.2. The second-order valence-electron chi connectivity index (χ2n) is 3.68. The van der Waals surface area contributed by atoms with Crippen LogP contribution >= 0.6 is 11.3 Å². The van der Waals surface area contributed by atoms with E-state index in [1.807, 2.05) is 5.38 Å². The number of rotatable bonds is 4. The predicted molar refractivity (Wildman–Crippen MR) is 55.7 cm³/mol. The Hall–Kier alpha value is -0.940. The van der Waals surface area contributed by atoms with Gasteiger partial charge in [0, 0.05) is 11.3 Å². The maximum atomic E-state index is 10.9. The molecular formula is C10H13NO3S. The van der Waals surface area contributed by atoms with E-state index >= 15 is 0 Å². The molecular weight excluding hydrogens is 214 g/mol. The summed E-state index contributed by atoms with van der Waals surface area (Å²) >= 11 is 1.56. The van der Waals surface area contributed by atoms with Gasteiger partial charge in [-0.1, -0.05) is 0 Å². The van der Waals surface area contributed by atoms with E-state index in [2.05, 4.69) is 9.72 Å². The molecule has 0 saturated heterocycles. The Kier molecular flexibility index (Phi) is 3.02. The van der Waals surface area contributed by atoms with Crippen molar-refractivity contribution in [2.45, 2.75) is 31.3 Å². The molecule has 0 amide bonds. The van der Waals surface area contributed by atoms with Gasteiger partial charge >= 0.3 is 5.97 Å². The van der Waals surface area contributed by atoms with Crippen LogP contribution in [0.4, 0.5) is 0 Å². The van der Waals surface area contributed by atoms with E-state index in [1.165, 1.54) is 20.0 Å². The molecule has 0 bridgehead atoms. The van der Waals surface area contributed by atoms with E-state index in [9.17, 15) is 9.90 Å². The Morgan fingerprint density at radius 3 is 3.13 bits per heavy atom. The number of carbonyl (C=O) groups is 1. The molecule has 1 fully saturated rings. The fourth-order valence-electron chi connectivity index (χ4n) is 1.32. The monoisotopic (exact) mass is 227 g/mol. The van der Waals surface area contributed by atoms with E-state index in [0.29, 0.717) is 11.6 Å². The van der Waals surface area contributed by atoms with Gasteiger partial charge in [0.25, 0.3) is 0 Å². The van der Waals surface area contributed by atoms with Gasteiger partial charge < -0.3 is 9.84 Å². The van der Waals surface area contributed by atoms with Crippen molar-refractivity contribution in [2.24, 2.45) is 0 Å². The highest BCUT2D eigenvalue weighted by atomic mass is 32.1. The highest BCUT2D eigenvalue weighted by molar-refractivity contribution is 7.09. The van der Waals surface area contributed by atoms with E-state index in [-0.39, 0.29) is 6.42 Å². The Morgan fingerprint density at radius 2 is 2.53 bits per heavy atom. The molecule has 1 aromatic rings. The van der Waals surface area contributed by atoms with Crippen LogP contribution in [0.15, 0.2) is 5.38 Å². The van der Waals surface area contributed by atoms with Crippen LogP contribution in [0.1, 0.15) is 42.0 Å². The number of hydrogen-bond donors (Lipinski definition) is 1. The van der Waals surface area contributed by atoms with Gasteiger partial charge in [0.1, 0.15) is 6.10 Å². The topological polar surface area (TPSA) is 59.4 Å². The maximum absolute atomic E-state index is 10.9. The second-order valence-corrected chi connectivity index (χ2v) is 4.57.